The minimum absolute atomic E-state index is 0.320. The van der Waals surface area contributed by atoms with E-state index in [1.807, 2.05) is 12.1 Å². The van der Waals surface area contributed by atoms with Crippen LogP contribution in [0.3, 0.4) is 0 Å². The quantitative estimate of drug-likeness (QED) is 0.537. The molecule has 0 saturated carbocycles. The molecular formula is C20H16N4S. The predicted molar refractivity (Wildman–Crippen MR) is 100 cm³/mol. The average Bonchev–Trinajstić information content (AvgIpc) is 3.23. The molecule has 3 aromatic heterocycles. The highest BCUT2D eigenvalue weighted by atomic mass is 32.1. The van der Waals surface area contributed by atoms with Crippen LogP contribution in [0, 0.1) is 11.3 Å². The number of imidazole rings is 1. The molecule has 0 radical (unpaired) electrons. The molecule has 3 heterocycles. The predicted octanol–water partition coefficient (Wildman–Crippen LogP) is 4.75. The number of nitrogens with zero attached hydrogens (tertiary/aromatic N) is 4. The third-order valence-electron chi connectivity index (χ3n) is 4.32. The fourth-order valence-corrected chi connectivity index (χ4v) is 3.92. The molecule has 0 aliphatic heterocycles. The average molecular weight is 344 g/mol. The molecule has 0 unspecified atom stereocenters. The van der Waals surface area contributed by atoms with Gasteiger partial charge in [0, 0.05) is 28.9 Å². The van der Waals surface area contributed by atoms with E-state index < -0.39 is 0 Å². The summed E-state index contributed by atoms with van der Waals surface area (Å²) in [5.41, 5.74) is 6.31. The summed E-state index contributed by atoms with van der Waals surface area (Å²) in [6, 6.07) is 14.7. The third-order valence-corrected chi connectivity index (χ3v) is 5.14. The molecular weight excluding hydrogens is 328 g/mol. The van der Waals surface area contributed by atoms with E-state index in [0.717, 1.165) is 39.6 Å². The lowest BCUT2D eigenvalue weighted by atomic mass is 10.1. The van der Waals surface area contributed by atoms with Crippen molar-refractivity contribution in [3.8, 4) is 28.6 Å². The summed E-state index contributed by atoms with van der Waals surface area (Å²) in [7, 11) is 0. The first-order valence-electron chi connectivity index (χ1n) is 8.17. The Morgan fingerprint density at radius 1 is 1.08 bits per heavy atom. The van der Waals surface area contributed by atoms with Crippen LogP contribution in [0.1, 0.15) is 18.2 Å². The molecule has 4 nitrogen and oxygen atoms in total. The minimum Gasteiger partial charge on any atom is -0.286 e. The lowest BCUT2D eigenvalue weighted by Gasteiger charge is -2.05. The Balaban J connectivity index is 1.92. The SMILES string of the molecule is CCc1ccc(-c2nc3scc(-c4ccncc4)n3c2CC#N)cc1. The van der Waals surface area contributed by atoms with E-state index in [0.29, 0.717) is 6.42 Å². The van der Waals surface area contributed by atoms with Gasteiger partial charge in [0.25, 0.3) is 0 Å². The number of hydrogen-bond donors (Lipinski definition) is 0. The van der Waals surface area contributed by atoms with E-state index in [4.69, 9.17) is 4.98 Å². The number of aromatic nitrogens is 3. The van der Waals surface area contributed by atoms with E-state index in [1.165, 1.54) is 5.56 Å². The largest absolute Gasteiger partial charge is 0.286 e. The van der Waals surface area contributed by atoms with Gasteiger partial charge in [-0.3, -0.25) is 9.38 Å². The number of hydrogen-bond acceptors (Lipinski definition) is 4. The molecule has 0 N–H and O–H groups in total. The van der Waals surface area contributed by atoms with Crippen LogP contribution in [0.15, 0.2) is 54.2 Å². The number of thiazole rings is 1. The maximum atomic E-state index is 9.35. The van der Waals surface area contributed by atoms with Gasteiger partial charge in [0.2, 0.25) is 0 Å². The fraction of sp³-hybridized carbons (Fsp3) is 0.150. The first-order valence-corrected chi connectivity index (χ1v) is 9.05. The lowest BCUT2D eigenvalue weighted by Crippen LogP contribution is -1.95. The second-order valence-electron chi connectivity index (χ2n) is 5.77. The molecule has 0 aliphatic rings. The van der Waals surface area contributed by atoms with Crippen LogP contribution in [0.25, 0.3) is 27.5 Å². The molecule has 0 fully saturated rings. The number of nitriles is 1. The molecule has 5 heteroatoms. The van der Waals surface area contributed by atoms with Gasteiger partial charge in [0.15, 0.2) is 4.96 Å². The van der Waals surface area contributed by atoms with Gasteiger partial charge >= 0.3 is 0 Å². The normalized spacial score (nSPS) is 10.9. The van der Waals surface area contributed by atoms with Crippen molar-refractivity contribution in [2.45, 2.75) is 19.8 Å². The zero-order valence-corrected chi connectivity index (χ0v) is 14.6. The number of aryl methyl sites for hydroxylation is 1. The van der Waals surface area contributed by atoms with E-state index in [2.05, 4.69) is 52.0 Å². The second-order valence-corrected chi connectivity index (χ2v) is 6.60. The molecule has 25 heavy (non-hydrogen) atoms. The number of pyridine rings is 1. The summed E-state index contributed by atoms with van der Waals surface area (Å²) in [5.74, 6) is 0. The van der Waals surface area contributed by atoms with Crippen LogP contribution in [0.2, 0.25) is 0 Å². The molecule has 0 amide bonds. The highest BCUT2D eigenvalue weighted by Crippen LogP contribution is 2.33. The Hall–Kier alpha value is -2.97. The van der Waals surface area contributed by atoms with Crippen molar-refractivity contribution in [3.05, 3.63) is 65.4 Å². The van der Waals surface area contributed by atoms with Crippen LogP contribution in [0.4, 0.5) is 0 Å². The summed E-state index contributed by atoms with van der Waals surface area (Å²) in [6.07, 6.45) is 4.89. The Bertz CT molecular complexity index is 1050. The highest BCUT2D eigenvalue weighted by molar-refractivity contribution is 7.15. The summed E-state index contributed by atoms with van der Waals surface area (Å²) < 4.78 is 2.10. The van der Waals surface area contributed by atoms with Gasteiger partial charge in [0.1, 0.15) is 0 Å². The van der Waals surface area contributed by atoms with Crippen LogP contribution in [-0.2, 0) is 12.8 Å². The summed E-state index contributed by atoms with van der Waals surface area (Å²) in [4.78, 5) is 9.82. The Morgan fingerprint density at radius 3 is 2.52 bits per heavy atom. The molecule has 1 aromatic carbocycles. The van der Waals surface area contributed by atoms with Gasteiger partial charge in [-0.15, -0.1) is 11.3 Å². The van der Waals surface area contributed by atoms with Gasteiger partial charge in [-0.05, 0) is 24.1 Å². The smallest absolute Gasteiger partial charge is 0.194 e. The van der Waals surface area contributed by atoms with Crippen molar-refractivity contribution in [2.75, 3.05) is 0 Å². The topological polar surface area (TPSA) is 54.0 Å². The molecule has 4 aromatic rings. The maximum Gasteiger partial charge on any atom is 0.194 e. The summed E-state index contributed by atoms with van der Waals surface area (Å²) in [6.45, 7) is 2.14. The Labute approximate surface area is 150 Å². The third kappa shape index (κ3) is 2.71. The van der Waals surface area contributed by atoms with Crippen molar-refractivity contribution in [2.24, 2.45) is 0 Å². The van der Waals surface area contributed by atoms with Crippen LogP contribution in [-0.4, -0.2) is 14.4 Å². The zero-order valence-electron chi connectivity index (χ0n) is 13.8. The standard InChI is InChI=1S/C20H16N4S/c1-2-14-3-5-16(6-4-14)19-17(7-10-21)24-18(13-25-20(24)23-19)15-8-11-22-12-9-15/h3-6,8-9,11-13H,2,7H2,1H3. The van der Waals surface area contributed by atoms with Crippen molar-refractivity contribution in [1.29, 1.82) is 5.26 Å². The first-order chi connectivity index (χ1) is 12.3. The zero-order chi connectivity index (χ0) is 17.2. The van der Waals surface area contributed by atoms with Crippen molar-refractivity contribution in [1.82, 2.24) is 14.4 Å². The highest BCUT2D eigenvalue weighted by Gasteiger charge is 2.18. The molecule has 4 rings (SSSR count). The van der Waals surface area contributed by atoms with Crippen molar-refractivity contribution >= 4 is 16.3 Å². The molecule has 0 spiro atoms. The van der Waals surface area contributed by atoms with Crippen LogP contribution < -0.4 is 0 Å². The van der Waals surface area contributed by atoms with Gasteiger partial charge < -0.3 is 0 Å². The Morgan fingerprint density at radius 2 is 1.84 bits per heavy atom. The molecule has 122 valence electrons. The van der Waals surface area contributed by atoms with Gasteiger partial charge in [-0.25, -0.2) is 4.98 Å². The number of fused-ring (bicyclic) bond motifs is 1. The summed E-state index contributed by atoms with van der Waals surface area (Å²) in [5, 5.41) is 11.4. The van der Waals surface area contributed by atoms with Crippen molar-refractivity contribution in [3.63, 3.8) is 0 Å². The second kappa shape index (κ2) is 6.50. The minimum atomic E-state index is 0.320. The number of rotatable bonds is 4. The molecule has 0 aliphatic carbocycles. The fourth-order valence-electron chi connectivity index (χ4n) is 3.01. The summed E-state index contributed by atoms with van der Waals surface area (Å²) >= 11 is 1.59. The maximum absolute atomic E-state index is 9.35. The molecule has 0 saturated heterocycles. The molecule has 0 atom stereocenters. The van der Waals surface area contributed by atoms with E-state index in [1.54, 1.807) is 23.7 Å². The first kappa shape index (κ1) is 15.6. The van der Waals surface area contributed by atoms with Gasteiger partial charge in [0.05, 0.1) is 29.6 Å². The van der Waals surface area contributed by atoms with E-state index in [-0.39, 0.29) is 0 Å². The van der Waals surface area contributed by atoms with E-state index >= 15 is 0 Å². The monoisotopic (exact) mass is 344 g/mol. The van der Waals surface area contributed by atoms with E-state index in [9.17, 15) is 5.26 Å². The van der Waals surface area contributed by atoms with Crippen LogP contribution >= 0.6 is 11.3 Å². The Kier molecular flexibility index (Phi) is 4.04. The van der Waals surface area contributed by atoms with Crippen LogP contribution in [0.5, 0.6) is 0 Å². The van der Waals surface area contributed by atoms with Gasteiger partial charge in [-0.1, -0.05) is 31.2 Å². The molecule has 0 bridgehead atoms. The van der Waals surface area contributed by atoms with Gasteiger partial charge in [-0.2, -0.15) is 5.26 Å². The lowest BCUT2D eigenvalue weighted by molar-refractivity contribution is 1.08. The number of benzene rings is 1. The van der Waals surface area contributed by atoms with Crippen molar-refractivity contribution < 1.29 is 0 Å².